The van der Waals surface area contributed by atoms with Gasteiger partial charge in [-0.05, 0) is 51.6 Å². The number of methoxy groups -OCH3 is 1. The molecule has 0 amide bonds. The average Bonchev–Trinajstić information content (AvgIpc) is 2.37. The minimum Gasteiger partial charge on any atom is -0.497 e. The average molecular weight is 250 g/mol. The fraction of sp³-hybridized carbons (Fsp3) is 0.600. The van der Waals surface area contributed by atoms with E-state index >= 15 is 0 Å². The summed E-state index contributed by atoms with van der Waals surface area (Å²) in [4.78, 5) is 2.22. The Morgan fingerprint density at radius 2 is 2.06 bits per heavy atom. The second-order valence-electron chi connectivity index (χ2n) is 5.27. The highest BCUT2D eigenvalue weighted by Gasteiger charge is 2.32. The Morgan fingerprint density at radius 3 is 2.56 bits per heavy atom. The highest BCUT2D eigenvalue weighted by Crippen LogP contribution is 2.23. The standard InChI is InChI=1S/C15H26N2O/c1-6-15(2,17(3)4)14(16)11-12-8-7-9-13(10-12)18-5/h7-10,14H,6,11,16H2,1-5H3. The lowest BCUT2D eigenvalue weighted by molar-refractivity contribution is 0.131. The van der Waals surface area contributed by atoms with Crippen LogP contribution in [-0.2, 0) is 6.42 Å². The van der Waals surface area contributed by atoms with Crippen molar-refractivity contribution in [2.24, 2.45) is 5.73 Å². The number of likely N-dealkylation sites (N-methyl/N-ethyl adjacent to an activating group) is 1. The number of ether oxygens (including phenoxy) is 1. The van der Waals surface area contributed by atoms with E-state index in [0.717, 1.165) is 18.6 Å². The molecule has 0 saturated heterocycles. The Bertz CT molecular complexity index is 379. The molecule has 0 spiro atoms. The highest BCUT2D eigenvalue weighted by atomic mass is 16.5. The molecule has 0 aliphatic carbocycles. The smallest absolute Gasteiger partial charge is 0.119 e. The van der Waals surface area contributed by atoms with Gasteiger partial charge in [0, 0.05) is 11.6 Å². The lowest BCUT2D eigenvalue weighted by atomic mass is 9.85. The Labute approximate surface area is 111 Å². The lowest BCUT2D eigenvalue weighted by Crippen LogP contribution is -2.55. The van der Waals surface area contributed by atoms with Gasteiger partial charge >= 0.3 is 0 Å². The summed E-state index contributed by atoms with van der Waals surface area (Å²) in [7, 11) is 5.87. The van der Waals surface area contributed by atoms with E-state index in [2.05, 4.69) is 45.0 Å². The molecule has 2 unspecified atom stereocenters. The van der Waals surface area contributed by atoms with Crippen LogP contribution in [0.4, 0.5) is 0 Å². The van der Waals surface area contributed by atoms with E-state index in [1.54, 1.807) is 7.11 Å². The molecule has 2 N–H and O–H groups in total. The van der Waals surface area contributed by atoms with Crippen LogP contribution in [0.3, 0.4) is 0 Å². The van der Waals surface area contributed by atoms with Crippen LogP contribution >= 0.6 is 0 Å². The molecule has 1 aromatic rings. The third-order valence-electron chi connectivity index (χ3n) is 4.13. The molecular weight excluding hydrogens is 224 g/mol. The molecule has 0 saturated carbocycles. The monoisotopic (exact) mass is 250 g/mol. The Hall–Kier alpha value is -1.06. The zero-order chi connectivity index (χ0) is 13.8. The maximum Gasteiger partial charge on any atom is 0.119 e. The van der Waals surface area contributed by atoms with Crippen LogP contribution in [0.1, 0.15) is 25.8 Å². The van der Waals surface area contributed by atoms with Crippen LogP contribution in [0, 0.1) is 0 Å². The summed E-state index contributed by atoms with van der Waals surface area (Å²) in [5.74, 6) is 0.891. The van der Waals surface area contributed by atoms with Gasteiger partial charge in [0.25, 0.3) is 0 Å². The van der Waals surface area contributed by atoms with Crippen molar-refractivity contribution in [3.63, 3.8) is 0 Å². The van der Waals surface area contributed by atoms with Gasteiger partial charge in [0.2, 0.25) is 0 Å². The van der Waals surface area contributed by atoms with Crippen molar-refractivity contribution in [1.29, 1.82) is 0 Å². The Morgan fingerprint density at radius 1 is 1.39 bits per heavy atom. The molecule has 18 heavy (non-hydrogen) atoms. The molecule has 3 nitrogen and oxygen atoms in total. The van der Waals surface area contributed by atoms with E-state index in [9.17, 15) is 0 Å². The van der Waals surface area contributed by atoms with Gasteiger partial charge in [-0.2, -0.15) is 0 Å². The predicted molar refractivity (Wildman–Crippen MR) is 77.1 cm³/mol. The van der Waals surface area contributed by atoms with Crippen molar-refractivity contribution in [3.8, 4) is 5.75 Å². The van der Waals surface area contributed by atoms with Crippen LogP contribution in [0.2, 0.25) is 0 Å². The lowest BCUT2D eigenvalue weighted by Gasteiger charge is -2.41. The Balaban J connectivity index is 2.82. The van der Waals surface area contributed by atoms with Crippen molar-refractivity contribution in [3.05, 3.63) is 29.8 Å². The van der Waals surface area contributed by atoms with E-state index in [-0.39, 0.29) is 11.6 Å². The van der Waals surface area contributed by atoms with E-state index in [4.69, 9.17) is 10.5 Å². The molecule has 2 atom stereocenters. The summed E-state index contributed by atoms with van der Waals surface area (Å²) in [6.45, 7) is 4.41. The van der Waals surface area contributed by atoms with Crippen molar-refractivity contribution in [2.45, 2.75) is 38.3 Å². The summed E-state index contributed by atoms with van der Waals surface area (Å²) < 4.78 is 5.24. The molecule has 1 aromatic carbocycles. The summed E-state index contributed by atoms with van der Waals surface area (Å²) in [5, 5.41) is 0. The number of nitrogens with two attached hydrogens (primary N) is 1. The van der Waals surface area contributed by atoms with Crippen LogP contribution in [0.15, 0.2) is 24.3 Å². The van der Waals surface area contributed by atoms with Gasteiger partial charge in [0.1, 0.15) is 5.75 Å². The van der Waals surface area contributed by atoms with Crippen LogP contribution in [-0.4, -0.2) is 37.7 Å². The van der Waals surface area contributed by atoms with Gasteiger partial charge in [-0.25, -0.2) is 0 Å². The number of hydrogen-bond acceptors (Lipinski definition) is 3. The second kappa shape index (κ2) is 6.21. The van der Waals surface area contributed by atoms with Gasteiger partial charge in [-0.3, -0.25) is 0 Å². The third-order valence-corrected chi connectivity index (χ3v) is 4.13. The van der Waals surface area contributed by atoms with Crippen molar-refractivity contribution < 1.29 is 4.74 Å². The van der Waals surface area contributed by atoms with Gasteiger partial charge in [-0.15, -0.1) is 0 Å². The first-order chi connectivity index (χ1) is 8.43. The minimum absolute atomic E-state index is 0.0169. The quantitative estimate of drug-likeness (QED) is 0.842. The molecule has 3 heteroatoms. The van der Waals surface area contributed by atoms with Crippen molar-refractivity contribution in [2.75, 3.05) is 21.2 Å². The van der Waals surface area contributed by atoms with Gasteiger partial charge in [0.05, 0.1) is 7.11 Å². The third kappa shape index (κ3) is 3.24. The first-order valence-corrected chi connectivity index (χ1v) is 6.50. The molecule has 102 valence electrons. The molecule has 0 aliphatic rings. The largest absolute Gasteiger partial charge is 0.497 e. The zero-order valence-electron chi connectivity index (χ0n) is 12.2. The zero-order valence-corrected chi connectivity index (χ0v) is 12.2. The first kappa shape index (κ1) is 15.0. The summed E-state index contributed by atoms with van der Waals surface area (Å²) >= 11 is 0. The van der Waals surface area contributed by atoms with E-state index in [1.165, 1.54) is 5.56 Å². The SMILES string of the molecule is CCC(C)(C(N)Cc1cccc(OC)c1)N(C)C. The number of benzene rings is 1. The molecule has 0 bridgehead atoms. The van der Waals surface area contributed by atoms with Crippen molar-refractivity contribution >= 4 is 0 Å². The molecule has 0 fully saturated rings. The fourth-order valence-electron chi connectivity index (χ4n) is 2.18. The summed E-state index contributed by atoms with van der Waals surface area (Å²) in [6.07, 6.45) is 1.89. The maximum absolute atomic E-state index is 6.40. The predicted octanol–water partition coefficient (Wildman–Crippen LogP) is 2.30. The Kier molecular flexibility index (Phi) is 5.17. The number of rotatable bonds is 6. The van der Waals surface area contributed by atoms with Crippen LogP contribution in [0.5, 0.6) is 5.75 Å². The first-order valence-electron chi connectivity index (χ1n) is 6.50. The topological polar surface area (TPSA) is 38.5 Å². The van der Waals surface area contributed by atoms with Crippen LogP contribution < -0.4 is 10.5 Å². The minimum atomic E-state index is 0.0169. The highest BCUT2D eigenvalue weighted by molar-refractivity contribution is 5.29. The van der Waals surface area contributed by atoms with E-state index in [1.807, 2.05) is 12.1 Å². The van der Waals surface area contributed by atoms with E-state index < -0.39 is 0 Å². The fourth-order valence-corrected chi connectivity index (χ4v) is 2.18. The maximum atomic E-state index is 6.40. The van der Waals surface area contributed by atoms with Gasteiger partial charge < -0.3 is 15.4 Å². The molecular formula is C15H26N2O. The van der Waals surface area contributed by atoms with Crippen LogP contribution in [0.25, 0.3) is 0 Å². The molecule has 1 rings (SSSR count). The van der Waals surface area contributed by atoms with Crippen molar-refractivity contribution in [1.82, 2.24) is 4.90 Å². The normalized spacial score (nSPS) is 16.4. The molecule has 0 aliphatic heterocycles. The number of hydrogen-bond donors (Lipinski definition) is 1. The molecule has 0 radical (unpaired) electrons. The van der Waals surface area contributed by atoms with E-state index in [0.29, 0.717) is 0 Å². The summed E-state index contributed by atoms with van der Waals surface area (Å²) in [5.41, 5.74) is 7.65. The van der Waals surface area contributed by atoms with Gasteiger partial charge in [0.15, 0.2) is 0 Å². The molecule has 0 heterocycles. The second-order valence-corrected chi connectivity index (χ2v) is 5.27. The number of nitrogens with zero attached hydrogens (tertiary/aromatic N) is 1. The molecule has 0 aromatic heterocycles. The summed E-state index contributed by atoms with van der Waals surface area (Å²) in [6, 6.07) is 8.24. The van der Waals surface area contributed by atoms with Gasteiger partial charge in [-0.1, -0.05) is 19.1 Å².